The summed E-state index contributed by atoms with van der Waals surface area (Å²) in [5, 5.41) is 13.0. The standard InChI is InChI=1S/C12H20N2OS/c1-12(2,15)6-11-13-10(8-16-11)9-4-5-14(3)7-9/h8-9,15H,4-7H2,1-3H3. The fourth-order valence-corrected chi connectivity index (χ4v) is 3.24. The van der Waals surface area contributed by atoms with Crippen LogP contribution in [0.5, 0.6) is 0 Å². The zero-order valence-corrected chi connectivity index (χ0v) is 11.0. The molecule has 1 unspecified atom stereocenters. The highest BCUT2D eigenvalue weighted by molar-refractivity contribution is 7.09. The lowest BCUT2D eigenvalue weighted by molar-refractivity contribution is 0.0809. The number of likely N-dealkylation sites (tertiary alicyclic amines) is 1. The molecule has 1 aliphatic rings. The third-order valence-electron chi connectivity index (χ3n) is 2.96. The van der Waals surface area contributed by atoms with Crippen molar-refractivity contribution in [2.24, 2.45) is 0 Å². The molecule has 1 aromatic rings. The first-order valence-electron chi connectivity index (χ1n) is 5.79. The molecule has 1 aliphatic heterocycles. The molecule has 1 atom stereocenters. The second kappa shape index (κ2) is 4.43. The lowest BCUT2D eigenvalue weighted by Crippen LogP contribution is -2.21. The predicted molar refractivity (Wildman–Crippen MR) is 67.0 cm³/mol. The van der Waals surface area contributed by atoms with Crippen molar-refractivity contribution in [1.29, 1.82) is 0 Å². The first-order chi connectivity index (χ1) is 7.44. The molecule has 3 nitrogen and oxygen atoms in total. The topological polar surface area (TPSA) is 36.4 Å². The van der Waals surface area contributed by atoms with Gasteiger partial charge in [0.2, 0.25) is 0 Å². The van der Waals surface area contributed by atoms with E-state index in [1.54, 1.807) is 11.3 Å². The molecular weight excluding hydrogens is 220 g/mol. The van der Waals surface area contributed by atoms with Crippen LogP contribution in [0, 0.1) is 0 Å². The molecular formula is C12H20N2OS. The van der Waals surface area contributed by atoms with Crippen LogP contribution in [0.4, 0.5) is 0 Å². The summed E-state index contributed by atoms with van der Waals surface area (Å²) in [7, 11) is 2.16. The van der Waals surface area contributed by atoms with Crippen LogP contribution in [0.15, 0.2) is 5.38 Å². The van der Waals surface area contributed by atoms with Crippen molar-refractivity contribution in [2.45, 2.75) is 38.2 Å². The molecule has 1 aromatic heterocycles. The molecule has 0 spiro atoms. The highest BCUT2D eigenvalue weighted by atomic mass is 32.1. The fourth-order valence-electron chi connectivity index (χ4n) is 2.14. The zero-order valence-electron chi connectivity index (χ0n) is 10.2. The van der Waals surface area contributed by atoms with Crippen molar-refractivity contribution in [3.63, 3.8) is 0 Å². The van der Waals surface area contributed by atoms with Gasteiger partial charge >= 0.3 is 0 Å². The summed E-state index contributed by atoms with van der Waals surface area (Å²) in [6.45, 7) is 5.95. The molecule has 1 N–H and O–H groups in total. The van der Waals surface area contributed by atoms with E-state index in [2.05, 4.69) is 22.3 Å². The van der Waals surface area contributed by atoms with Gasteiger partial charge in [-0.1, -0.05) is 0 Å². The fraction of sp³-hybridized carbons (Fsp3) is 0.750. The zero-order chi connectivity index (χ0) is 11.8. The van der Waals surface area contributed by atoms with E-state index >= 15 is 0 Å². The molecule has 0 aromatic carbocycles. The number of nitrogens with zero attached hydrogens (tertiary/aromatic N) is 2. The molecule has 90 valence electrons. The molecule has 16 heavy (non-hydrogen) atoms. The Bertz CT molecular complexity index is 356. The number of hydrogen-bond donors (Lipinski definition) is 1. The minimum Gasteiger partial charge on any atom is -0.390 e. The molecule has 0 saturated carbocycles. The van der Waals surface area contributed by atoms with Gasteiger partial charge in [-0.05, 0) is 33.9 Å². The molecule has 2 rings (SSSR count). The SMILES string of the molecule is CN1CCC(c2csc(CC(C)(C)O)n2)C1. The minimum absolute atomic E-state index is 0.594. The van der Waals surface area contributed by atoms with E-state index in [1.165, 1.54) is 18.7 Å². The van der Waals surface area contributed by atoms with E-state index in [4.69, 9.17) is 0 Å². The number of aromatic nitrogens is 1. The van der Waals surface area contributed by atoms with Crippen molar-refractivity contribution < 1.29 is 5.11 Å². The maximum atomic E-state index is 9.75. The summed E-state index contributed by atoms with van der Waals surface area (Å²) < 4.78 is 0. The van der Waals surface area contributed by atoms with E-state index in [9.17, 15) is 5.11 Å². The molecule has 0 amide bonds. The molecule has 0 bridgehead atoms. The van der Waals surface area contributed by atoms with E-state index in [-0.39, 0.29) is 0 Å². The van der Waals surface area contributed by atoms with Gasteiger partial charge < -0.3 is 10.0 Å². The van der Waals surface area contributed by atoms with Crippen molar-refractivity contribution in [1.82, 2.24) is 9.88 Å². The summed E-state index contributed by atoms with van der Waals surface area (Å²) in [4.78, 5) is 6.99. The molecule has 2 heterocycles. The number of rotatable bonds is 3. The van der Waals surface area contributed by atoms with Gasteiger partial charge in [-0.15, -0.1) is 11.3 Å². The average molecular weight is 240 g/mol. The molecule has 0 aliphatic carbocycles. The average Bonchev–Trinajstić information content (AvgIpc) is 2.71. The van der Waals surface area contributed by atoms with Gasteiger partial charge in [0.15, 0.2) is 0 Å². The van der Waals surface area contributed by atoms with Gasteiger partial charge in [-0.3, -0.25) is 0 Å². The second-order valence-electron chi connectivity index (χ2n) is 5.40. The van der Waals surface area contributed by atoms with Gasteiger partial charge in [-0.2, -0.15) is 0 Å². The monoisotopic (exact) mass is 240 g/mol. The van der Waals surface area contributed by atoms with Crippen LogP contribution < -0.4 is 0 Å². The highest BCUT2D eigenvalue weighted by Gasteiger charge is 2.24. The normalized spacial score (nSPS) is 22.9. The maximum Gasteiger partial charge on any atom is 0.0956 e. The first-order valence-corrected chi connectivity index (χ1v) is 6.67. The van der Waals surface area contributed by atoms with Crippen molar-refractivity contribution in [2.75, 3.05) is 20.1 Å². The molecule has 0 radical (unpaired) electrons. The summed E-state index contributed by atoms with van der Waals surface area (Å²) in [6, 6.07) is 0. The number of thiazole rings is 1. The van der Waals surface area contributed by atoms with Gasteiger partial charge in [0.1, 0.15) is 0 Å². The van der Waals surface area contributed by atoms with Crippen LogP contribution in [-0.2, 0) is 6.42 Å². The van der Waals surface area contributed by atoms with Crippen molar-refractivity contribution in [3.05, 3.63) is 16.1 Å². The summed E-state index contributed by atoms with van der Waals surface area (Å²) in [5.74, 6) is 0.594. The van der Waals surface area contributed by atoms with Crippen LogP contribution in [0.2, 0.25) is 0 Å². The Morgan fingerprint density at radius 3 is 2.94 bits per heavy atom. The Hall–Kier alpha value is -0.450. The summed E-state index contributed by atoms with van der Waals surface area (Å²) in [6.07, 6.45) is 1.86. The molecule has 4 heteroatoms. The minimum atomic E-state index is -0.651. The first kappa shape index (κ1) is 12.0. The Morgan fingerprint density at radius 1 is 1.62 bits per heavy atom. The van der Waals surface area contributed by atoms with E-state index in [0.717, 1.165) is 11.6 Å². The third kappa shape index (κ3) is 3.03. The van der Waals surface area contributed by atoms with Crippen LogP contribution in [0.25, 0.3) is 0 Å². The van der Waals surface area contributed by atoms with Gasteiger partial charge in [0.25, 0.3) is 0 Å². The van der Waals surface area contributed by atoms with Gasteiger partial charge in [0, 0.05) is 24.3 Å². The van der Waals surface area contributed by atoms with E-state index in [1.807, 2.05) is 13.8 Å². The largest absolute Gasteiger partial charge is 0.390 e. The highest BCUT2D eigenvalue weighted by Crippen LogP contribution is 2.28. The lowest BCUT2D eigenvalue weighted by atomic mass is 10.1. The summed E-state index contributed by atoms with van der Waals surface area (Å²) in [5.41, 5.74) is 0.565. The van der Waals surface area contributed by atoms with Gasteiger partial charge in [-0.25, -0.2) is 4.98 Å². The smallest absolute Gasteiger partial charge is 0.0956 e. The number of hydrogen-bond acceptors (Lipinski definition) is 4. The summed E-state index contributed by atoms with van der Waals surface area (Å²) >= 11 is 1.67. The number of aliphatic hydroxyl groups is 1. The van der Waals surface area contributed by atoms with E-state index in [0.29, 0.717) is 12.3 Å². The predicted octanol–water partition coefficient (Wildman–Crippen LogP) is 1.88. The Balaban J connectivity index is 2.02. The van der Waals surface area contributed by atoms with Crippen molar-refractivity contribution in [3.8, 4) is 0 Å². The Kier molecular flexibility index (Phi) is 3.33. The quantitative estimate of drug-likeness (QED) is 0.876. The Morgan fingerprint density at radius 2 is 2.38 bits per heavy atom. The molecule has 1 fully saturated rings. The Labute approximate surface area is 101 Å². The number of likely N-dealkylation sites (N-methyl/N-ethyl adjacent to an activating group) is 1. The second-order valence-corrected chi connectivity index (χ2v) is 6.35. The van der Waals surface area contributed by atoms with E-state index < -0.39 is 5.60 Å². The van der Waals surface area contributed by atoms with Crippen LogP contribution in [0.3, 0.4) is 0 Å². The third-order valence-corrected chi connectivity index (χ3v) is 3.83. The van der Waals surface area contributed by atoms with Crippen LogP contribution in [-0.4, -0.2) is 40.7 Å². The maximum absolute atomic E-state index is 9.75. The van der Waals surface area contributed by atoms with Crippen molar-refractivity contribution >= 4 is 11.3 Å². The van der Waals surface area contributed by atoms with Gasteiger partial charge in [0.05, 0.1) is 16.3 Å². The lowest BCUT2D eigenvalue weighted by Gasteiger charge is -2.14. The van der Waals surface area contributed by atoms with Crippen LogP contribution >= 0.6 is 11.3 Å². The molecule has 1 saturated heterocycles. The van der Waals surface area contributed by atoms with Crippen LogP contribution in [0.1, 0.15) is 36.9 Å².